The van der Waals surface area contributed by atoms with Crippen molar-refractivity contribution in [3.63, 3.8) is 0 Å². The molecule has 0 aliphatic carbocycles. The molecule has 6 rings (SSSR count). The molecule has 318 valence electrons. The lowest BCUT2D eigenvalue weighted by molar-refractivity contribution is -0.143. The Bertz CT molecular complexity index is 1890. The Labute approximate surface area is 348 Å². The number of piperazine rings is 1. The molecular weight excluding hydrogens is 725 g/mol. The van der Waals surface area contributed by atoms with Gasteiger partial charge in [-0.2, -0.15) is 0 Å². The van der Waals surface area contributed by atoms with E-state index >= 15 is 0 Å². The number of fused-ring (bicyclic) bond motifs is 2. The molecule has 0 saturated carbocycles. The van der Waals surface area contributed by atoms with Crippen molar-refractivity contribution in [3.05, 3.63) is 71.5 Å². The standard InChI is InChI=1S/C45H64N6O3.C2H6.CH2O/c1-7-51-42-20-19-36(35-17-14-16-34(25-35)15-10-8-9-12-21-48-46-6)26-39(42)41(28-45(4,5)31-54-33(3)53)44(51)40-27-38(29-47-43(40)32(2)52)50-24-23-49-22-13-11-18-37(49)30-50;2*1-2/h14,16-17,19-20,25-27,29,32,37,46,48,52H,7-13,15,18,21-24,28,30-31H2,1-6H3;1-2H3;1H2. The van der Waals surface area contributed by atoms with Crippen LogP contribution in [-0.2, 0) is 33.7 Å². The molecular formula is C48H72N6O4. The minimum Gasteiger partial charge on any atom is -0.465 e. The number of hydrogen-bond acceptors (Lipinski definition) is 9. The van der Waals surface area contributed by atoms with Crippen LogP contribution in [0.4, 0.5) is 5.69 Å². The first-order valence-corrected chi connectivity index (χ1v) is 21.8. The Morgan fingerprint density at radius 3 is 2.50 bits per heavy atom. The molecule has 4 aromatic rings. The van der Waals surface area contributed by atoms with Gasteiger partial charge in [0.25, 0.3) is 0 Å². The molecule has 10 nitrogen and oxygen atoms in total. The van der Waals surface area contributed by atoms with Gasteiger partial charge in [-0.15, -0.1) is 0 Å². The molecule has 4 heterocycles. The molecule has 0 spiro atoms. The molecule has 2 aliphatic heterocycles. The first-order chi connectivity index (χ1) is 28.1. The summed E-state index contributed by atoms with van der Waals surface area (Å²) in [7, 11) is 1.92. The van der Waals surface area contributed by atoms with Gasteiger partial charge in [-0.1, -0.05) is 77.3 Å². The Kier molecular flexibility index (Phi) is 18.4. The molecule has 2 unspecified atom stereocenters. The number of carbonyl (C=O) groups is 2. The SMILES string of the molecule is C=O.CC.CCn1c(-c2cc(N3CCN4CCCCC4C3)cnc2C(C)O)c(CC(C)(C)COC(C)=O)c2cc(-c3cccc(CCCCCCNNC)c3)ccc21. The zero-order valence-electron chi connectivity index (χ0n) is 36.8. The number of pyridine rings is 1. The predicted octanol–water partition coefficient (Wildman–Crippen LogP) is 8.92. The molecule has 2 fully saturated rings. The van der Waals surface area contributed by atoms with Crippen LogP contribution in [0, 0.1) is 5.41 Å². The fourth-order valence-electron chi connectivity index (χ4n) is 8.72. The molecule has 2 aliphatic rings. The number of hydrazine groups is 1. The number of rotatable bonds is 17. The van der Waals surface area contributed by atoms with Gasteiger partial charge in [0.05, 0.1) is 36.0 Å². The molecule has 0 amide bonds. The number of nitrogens with one attached hydrogen (secondary N) is 2. The second-order valence-corrected chi connectivity index (χ2v) is 16.4. The van der Waals surface area contributed by atoms with Gasteiger partial charge < -0.3 is 24.1 Å². The van der Waals surface area contributed by atoms with E-state index in [1.165, 1.54) is 86.1 Å². The van der Waals surface area contributed by atoms with Crippen molar-refractivity contribution in [1.82, 2.24) is 25.3 Å². The third-order valence-electron chi connectivity index (χ3n) is 11.5. The lowest BCUT2D eigenvalue weighted by Crippen LogP contribution is -2.54. The van der Waals surface area contributed by atoms with Crippen molar-refractivity contribution < 1.29 is 19.4 Å². The molecule has 2 aromatic carbocycles. The molecule has 3 N–H and O–H groups in total. The van der Waals surface area contributed by atoms with Gasteiger partial charge in [-0.05, 0) is 106 Å². The first kappa shape index (κ1) is 46.6. The quantitative estimate of drug-likeness (QED) is 0.0548. The Morgan fingerprint density at radius 1 is 1.02 bits per heavy atom. The van der Waals surface area contributed by atoms with E-state index in [0.29, 0.717) is 24.8 Å². The van der Waals surface area contributed by atoms with Gasteiger partial charge >= 0.3 is 5.97 Å². The zero-order chi connectivity index (χ0) is 42.2. The summed E-state index contributed by atoms with van der Waals surface area (Å²) in [5.74, 6) is -0.265. The number of benzene rings is 2. The number of hydrogen-bond donors (Lipinski definition) is 3. The molecule has 0 bridgehead atoms. The van der Waals surface area contributed by atoms with Gasteiger partial charge in [0, 0.05) is 67.6 Å². The number of nitrogens with zero attached hydrogens (tertiary/aromatic N) is 4. The fourth-order valence-corrected chi connectivity index (χ4v) is 8.72. The van der Waals surface area contributed by atoms with Crippen LogP contribution in [0.2, 0.25) is 0 Å². The molecule has 2 atom stereocenters. The zero-order valence-corrected chi connectivity index (χ0v) is 36.8. The molecule has 2 aromatic heterocycles. The van der Waals surface area contributed by atoms with E-state index in [0.717, 1.165) is 61.6 Å². The molecule has 2 saturated heterocycles. The summed E-state index contributed by atoms with van der Waals surface area (Å²) in [6.45, 7) is 22.2. The minimum atomic E-state index is -0.738. The van der Waals surface area contributed by atoms with Crippen LogP contribution in [0.3, 0.4) is 0 Å². The fraction of sp³-hybridized carbons (Fsp3) is 0.562. The van der Waals surface area contributed by atoms with Crippen LogP contribution >= 0.6 is 0 Å². The van der Waals surface area contributed by atoms with Crippen molar-refractivity contribution in [2.24, 2.45) is 5.41 Å². The van der Waals surface area contributed by atoms with Gasteiger partial charge in [-0.25, -0.2) is 0 Å². The largest absolute Gasteiger partial charge is 0.465 e. The predicted molar refractivity (Wildman–Crippen MR) is 240 cm³/mol. The van der Waals surface area contributed by atoms with Crippen molar-refractivity contribution in [2.45, 2.75) is 125 Å². The average molecular weight is 797 g/mol. The van der Waals surface area contributed by atoms with Crippen LogP contribution in [0.25, 0.3) is 33.3 Å². The number of unbranched alkanes of at least 4 members (excludes halogenated alkanes) is 3. The maximum atomic E-state index is 12.0. The van der Waals surface area contributed by atoms with E-state index in [4.69, 9.17) is 14.5 Å². The van der Waals surface area contributed by atoms with Crippen LogP contribution < -0.4 is 15.8 Å². The number of esters is 1. The van der Waals surface area contributed by atoms with E-state index in [1.54, 1.807) is 0 Å². The highest BCUT2D eigenvalue weighted by molar-refractivity contribution is 5.95. The van der Waals surface area contributed by atoms with Crippen molar-refractivity contribution in [3.8, 4) is 22.4 Å². The second kappa shape index (κ2) is 22.9. The first-order valence-electron chi connectivity index (χ1n) is 21.8. The monoisotopic (exact) mass is 797 g/mol. The Balaban J connectivity index is 0.00000180. The number of ether oxygens (including phenoxy) is 1. The van der Waals surface area contributed by atoms with Crippen molar-refractivity contribution in [1.29, 1.82) is 0 Å². The normalized spacial score (nSPS) is 16.2. The minimum absolute atomic E-state index is 0.265. The second-order valence-electron chi connectivity index (χ2n) is 16.4. The summed E-state index contributed by atoms with van der Waals surface area (Å²) in [5, 5.41) is 12.4. The van der Waals surface area contributed by atoms with E-state index in [1.807, 2.05) is 40.8 Å². The maximum Gasteiger partial charge on any atom is 0.302 e. The number of aliphatic hydroxyl groups excluding tert-OH is 1. The third-order valence-corrected chi connectivity index (χ3v) is 11.5. The van der Waals surface area contributed by atoms with Crippen LogP contribution in [0.1, 0.15) is 116 Å². The van der Waals surface area contributed by atoms with E-state index in [-0.39, 0.29) is 11.4 Å². The highest BCUT2D eigenvalue weighted by atomic mass is 16.5. The summed E-state index contributed by atoms with van der Waals surface area (Å²) in [6, 6.07) is 18.8. The summed E-state index contributed by atoms with van der Waals surface area (Å²) in [5.41, 5.74) is 15.9. The highest BCUT2D eigenvalue weighted by Gasteiger charge is 2.32. The lowest BCUT2D eigenvalue weighted by Gasteiger charge is -2.45. The lowest BCUT2D eigenvalue weighted by atomic mass is 9.84. The molecule has 58 heavy (non-hydrogen) atoms. The number of aryl methyl sites for hydroxylation is 2. The molecule has 10 heteroatoms. The van der Waals surface area contributed by atoms with E-state index in [9.17, 15) is 9.90 Å². The number of piperidine rings is 1. The van der Waals surface area contributed by atoms with Crippen LogP contribution in [-0.4, -0.2) is 84.7 Å². The van der Waals surface area contributed by atoms with Crippen LogP contribution in [0.15, 0.2) is 54.7 Å². The van der Waals surface area contributed by atoms with Gasteiger partial charge in [0.2, 0.25) is 0 Å². The highest BCUT2D eigenvalue weighted by Crippen LogP contribution is 2.43. The van der Waals surface area contributed by atoms with Gasteiger partial charge in [-0.3, -0.25) is 25.5 Å². The van der Waals surface area contributed by atoms with Crippen LogP contribution in [0.5, 0.6) is 0 Å². The maximum absolute atomic E-state index is 12.0. The Morgan fingerprint density at radius 2 is 1.78 bits per heavy atom. The smallest absolute Gasteiger partial charge is 0.302 e. The van der Waals surface area contributed by atoms with Gasteiger partial charge in [0.1, 0.15) is 6.79 Å². The van der Waals surface area contributed by atoms with E-state index < -0.39 is 6.10 Å². The average Bonchev–Trinajstić information content (AvgIpc) is 3.55. The molecule has 0 radical (unpaired) electrons. The van der Waals surface area contributed by atoms with Crippen molar-refractivity contribution >= 4 is 29.3 Å². The topological polar surface area (TPSA) is 112 Å². The summed E-state index contributed by atoms with van der Waals surface area (Å²) >= 11 is 0. The van der Waals surface area contributed by atoms with Crippen molar-refractivity contribution in [2.75, 3.05) is 51.3 Å². The summed E-state index contributed by atoms with van der Waals surface area (Å²) < 4.78 is 8.04. The number of anilines is 1. The van der Waals surface area contributed by atoms with Gasteiger partial charge in [0.15, 0.2) is 0 Å². The van der Waals surface area contributed by atoms with E-state index in [2.05, 4.69) is 94.5 Å². The number of carbonyl (C=O) groups excluding carboxylic acids is 2. The number of aliphatic hydroxyl groups is 1. The third kappa shape index (κ3) is 12.0. The number of aromatic nitrogens is 2. The summed E-state index contributed by atoms with van der Waals surface area (Å²) in [4.78, 5) is 30.2. The summed E-state index contributed by atoms with van der Waals surface area (Å²) in [6.07, 6.45) is 11.6. The Hall–Kier alpha value is -4.09.